The summed E-state index contributed by atoms with van der Waals surface area (Å²) in [5.41, 5.74) is 0.740. The minimum Gasteiger partial charge on any atom is -0.377 e. The molecule has 0 aliphatic heterocycles. The summed E-state index contributed by atoms with van der Waals surface area (Å²) in [5, 5.41) is 3.80. The molecule has 1 aromatic heterocycles. The third-order valence-corrected chi connectivity index (χ3v) is 2.95. The van der Waals surface area contributed by atoms with E-state index in [4.69, 9.17) is 16.3 Å². The van der Waals surface area contributed by atoms with Crippen molar-refractivity contribution in [2.24, 2.45) is 0 Å². The molecule has 0 amide bonds. The monoisotopic (exact) mass is 257 g/mol. The van der Waals surface area contributed by atoms with E-state index in [2.05, 4.69) is 22.2 Å². The van der Waals surface area contributed by atoms with Gasteiger partial charge in [0.1, 0.15) is 17.3 Å². The first-order valence-corrected chi connectivity index (χ1v) is 6.16. The topological polar surface area (TPSA) is 47.0 Å². The Morgan fingerprint density at radius 3 is 2.71 bits per heavy atom. The molecule has 1 heterocycles. The first-order chi connectivity index (χ1) is 8.00. The van der Waals surface area contributed by atoms with Crippen molar-refractivity contribution in [3.8, 4) is 0 Å². The molecule has 0 unspecified atom stereocenters. The molecule has 17 heavy (non-hydrogen) atoms. The largest absolute Gasteiger partial charge is 0.377 e. The van der Waals surface area contributed by atoms with Crippen LogP contribution in [0, 0.1) is 0 Å². The van der Waals surface area contributed by atoms with Crippen LogP contribution in [0.3, 0.4) is 0 Å². The van der Waals surface area contributed by atoms with E-state index < -0.39 is 0 Å². The van der Waals surface area contributed by atoms with Gasteiger partial charge in [-0.25, -0.2) is 9.97 Å². The van der Waals surface area contributed by atoms with Crippen LogP contribution in [0.15, 0.2) is 6.33 Å². The van der Waals surface area contributed by atoms with E-state index in [1.54, 1.807) is 7.11 Å². The quantitative estimate of drug-likeness (QED) is 0.796. The molecule has 0 saturated carbocycles. The van der Waals surface area contributed by atoms with E-state index >= 15 is 0 Å². The number of nitrogens with zero attached hydrogens (tertiary/aromatic N) is 2. The Hall–Kier alpha value is -0.870. The van der Waals surface area contributed by atoms with Gasteiger partial charge in [-0.2, -0.15) is 0 Å². The van der Waals surface area contributed by atoms with Crippen LogP contribution in [-0.4, -0.2) is 29.2 Å². The summed E-state index contributed by atoms with van der Waals surface area (Å²) in [6.07, 6.45) is 3.36. The highest BCUT2D eigenvalue weighted by molar-refractivity contribution is 6.30. The zero-order chi connectivity index (χ0) is 12.9. The first kappa shape index (κ1) is 14.2. The highest BCUT2D eigenvalue weighted by atomic mass is 35.5. The number of aromatic nitrogens is 2. The Kier molecular flexibility index (Phi) is 5.15. The molecule has 1 aromatic rings. The maximum Gasteiger partial charge on any atom is 0.137 e. The summed E-state index contributed by atoms with van der Waals surface area (Å²) >= 11 is 6.07. The van der Waals surface area contributed by atoms with Gasteiger partial charge in [-0.05, 0) is 20.3 Å². The molecule has 0 aliphatic rings. The summed E-state index contributed by atoms with van der Waals surface area (Å²) in [6, 6.07) is 0. The average Bonchev–Trinajstić information content (AvgIpc) is 2.30. The van der Waals surface area contributed by atoms with Gasteiger partial charge in [0.2, 0.25) is 0 Å². The normalized spacial score (nSPS) is 11.6. The highest BCUT2D eigenvalue weighted by Gasteiger charge is 2.17. The molecule has 0 atom stereocenters. The lowest BCUT2D eigenvalue weighted by Gasteiger charge is -2.24. The van der Waals surface area contributed by atoms with Crippen molar-refractivity contribution in [3.63, 3.8) is 0 Å². The van der Waals surface area contributed by atoms with Crippen LogP contribution in [0.1, 0.15) is 32.8 Å². The summed E-state index contributed by atoms with van der Waals surface area (Å²) in [7, 11) is 1.70. The van der Waals surface area contributed by atoms with Crippen LogP contribution in [0.4, 0.5) is 5.82 Å². The number of hydrogen-bond donors (Lipinski definition) is 1. The molecule has 0 fully saturated rings. The number of nitrogens with one attached hydrogen (secondary N) is 1. The van der Waals surface area contributed by atoms with Crippen molar-refractivity contribution >= 4 is 17.4 Å². The standard InChI is InChI=1S/C12H20ClN3O/c1-5-6-9-10(13)15-8-16-11(9)14-7-12(2,3)17-4/h8H,5-7H2,1-4H3,(H,14,15,16). The van der Waals surface area contributed by atoms with Gasteiger partial charge in [0.05, 0.1) is 5.60 Å². The number of ether oxygens (including phenoxy) is 1. The zero-order valence-electron chi connectivity index (χ0n) is 10.9. The van der Waals surface area contributed by atoms with E-state index in [-0.39, 0.29) is 5.60 Å². The molecule has 1 rings (SSSR count). The molecule has 0 radical (unpaired) electrons. The van der Waals surface area contributed by atoms with E-state index in [0.717, 1.165) is 24.2 Å². The Morgan fingerprint density at radius 1 is 1.41 bits per heavy atom. The average molecular weight is 258 g/mol. The van der Waals surface area contributed by atoms with Crippen LogP contribution in [-0.2, 0) is 11.2 Å². The third-order valence-electron chi connectivity index (χ3n) is 2.63. The highest BCUT2D eigenvalue weighted by Crippen LogP contribution is 2.22. The van der Waals surface area contributed by atoms with Crippen molar-refractivity contribution in [2.75, 3.05) is 19.0 Å². The Balaban J connectivity index is 2.80. The van der Waals surface area contributed by atoms with Crippen LogP contribution in [0.25, 0.3) is 0 Å². The van der Waals surface area contributed by atoms with Gasteiger partial charge in [-0.3, -0.25) is 0 Å². The molecule has 1 N–H and O–H groups in total. The zero-order valence-corrected chi connectivity index (χ0v) is 11.6. The molecule has 0 aliphatic carbocycles. The van der Waals surface area contributed by atoms with Crippen LogP contribution >= 0.6 is 11.6 Å². The van der Waals surface area contributed by atoms with Gasteiger partial charge >= 0.3 is 0 Å². The smallest absolute Gasteiger partial charge is 0.137 e. The maximum atomic E-state index is 6.07. The van der Waals surface area contributed by atoms with Crippen LogP contribution in [0.5, 0.6) is 0 Å². The van der Waals surface area contributed by atoms with E-state index in [0.29, 0.717) is 11.7 Å². The molecule has 0 bridgehead atoms. The van der Waals surface area contributed by atoms with Crippen molar-refractivity contribution in [2.45, 2.75) is 39.2 Å². The molecule has 96 valence electrons. The van der Waals surface area contributed by atoms with Gasteiger partial charge in [0, 0.05) is 19.2 Å². The summed E-state index contributed by atoms with van der Waals surface area (Å²) in [4.78, 5) is 8.24. The van der Waals surface area contributed by atoms with Crippen LogP contribution < -0.4 is 5.32 Å². The fourth-order valence-electron chi connectivity index (χ4n) is 1.38. The molecule has 0 saturated heterocycles. The summed E-state index contributed by atoms with van der Waals surface area (Å²) in [5.74, 6) is 0.803. The van der Waals surface area contributed by atoms with Crippen molar-refractivity contribution in [1.29, 1.82) is 0 Å². The Morgan fingerprint density at radius 2 is 2.12 bits per heavy atom. The number of methoxy groups -OCH3 is 1. The fourth-order valence-corrected chi connectivity index (χ4v) is 1.61. The number of hydrogen-bond acceptors (Lipinski definition) is 4. The van der Waals surface area contributed by atoms with E-state index in [1.807, 2.05) is 13.8 Å². The Labute approximate surface area is 108 Å². The molecule has 0 spiro atoms. The Bertz CT molecular complexity index is 369. The molecular formula is C12H20ClN3O. The van der Waals surface area contributed by atoms with E-state index in [1.165, 1.54) is 6.33 Å². The second-order valence-corrected chi connectivity index (χ2v) is 4.92. The SMILES string of the molecule is CCCc1c(Cl)ncnc1NCC(C)(C)OC. The maximum absolute atomic E-state index is 6.07. The van der Waals surface area contributed by atoms with Gasteiger partial charge < -0.3 is 10.1 Å². The lowest BCUT2D eigenvalue weighted by Crippen LogP contribution is -2.32. The minimum atomic E-state index is -0.235. The molecule has 4 nitrogen and oxygen atoms in total. The van der Waals surface area contributed by atoms with Crippen molar-refractivity contribution < 1.29 is 4.74 Å². The summed E-state index contributed by atoms with van der Waals surface area (Å²) in [6.45, 7) is 6.81. The number of anilines is 1. The second-order valence-electron chi connectivity index (χ2n) is 4.56. The van der Waals surface area contributed by atoms with E-state index in [9.17, 15) is 0 Å². The fraction of sp³-hybridized carbons (Fsp3) is 0.667. The van der Waals surface area contributed by atoms with Crippen molar-refractivity contribution in [3.05, 3.63) is 17.0 Å². The lowest BCUT2D eigenvalue weighted by molar-refractivity contribution is 0.0343. The number of halogens is 1. The molecule has 0 aromatic carbocycles. The summed E-state index contributed by atoms with van der Waals surface area (Å²) < 4.78 is 5.35. The van der Waals surface area contributed by atoms with Crippen molar-refractivity contribution in [1.82, 2.24) is 9.97 Å². The van der Waals surface area contributed by atoms with Crippen LogP contribution in [0.2, 0.25) is 5.15 Å². The second kappa shape index (κ2) is 6.17. The minimum absolute atomic E-state index is 0.235. The van der Waals surface area contributed by atoms with Gasteiger partial charge in [-0.1, -0.05) is 24.9 Å². The predicted molar refractivity (Wildman–Crippen MR) is 70.6 cm³/mol. The van der Waals surface area contributed by atoms with Gasteiger partial charge in [0.25, 0.3) is 0 Å². The lowest BCUT2D eigenvalue weighted by atomic mass is 10.1. The third kappa shape index (κ3) is 4.13. The molecule has 5 heteroatoms. The number of rotatable bonds is 6. The predicted octanol–water partition coefficient (Wildman–Crippen LogP) is 2.92. The van der Waals surface area contributed by atoms with Gasteiger partial charge in [0.15, 0.2) is 0 Å². The van der Waals surface area contributed by atoms with Gasteiger partial charge in [-0.15, -0.1) is 0 Å². The first-order valence-electron chi connectivity index (χ1n) is 5.78. The molecular weight excluding hydrogens is 238 g/mol.